The Hall–Kier alpha value is -2.95. The summed E-state index contributed by atoms with van der Waals surface area (Å²) in [7, 11) is 0. The van der Waals surface area contributed by atoms with Gasteiger partial charge in [0.1, 0.15) is 22.7 Å². The summed E-state index contributed by atoms with van der Waals surface area (Å²) in [5, 5.41) is 20.7. The summed E-state index contributed by atoms with van der Waals surface area (Å²) in [6.07, 6.45) is 0. The molecule has 98 valence electrons. The number of phenols is 2. The molecule has 0 atom stereocenters. The smallest absolute Gasteiger partial charge is 0.260 e. The molecule has 0 saturated heterocycles. The molecule has 20 heavy (non-hydrogen) atoms. The van der Waals surface area contributed by atoms with E-state index in [1.54, 1.807) is 12.1 Å². The van der Waals surface area contributed by atoms with Crippen LogP contribution in [0.25, 0.3) is 32.8 Å². The third-order valence-corrected chi connectivity index (χ3v) is 3.39. The van der Waals surface area contributed by atoms with Crippen molar-refractivity contribution in [3.8, 4) is 11.5 Å². The molecule has 0 unspecified atom stereocenters. The first-order chi connectivity index (χ1) is 9.63. The van der Waals surface area contributed by atoms with Crippen molar-refractivity contribution >= 4 is 32.8 Å². The number of aromatic nitrogens is 1. The summed E-state index contributed by atoms with van der Waals surface area (Å²) in [5.74, 6) is 0.145. The number of fused-ring (bicyclic) bond motifs is 5. The predicted octanol–water partition coefficient (Wildman–Crippen LogP) is 2.84. The lowest BCUT2D eigenvalue weighted by Gasteiger charge is -1.99. The highest BCUT2D eigenvalue weighted by atomic mass is 16.3. The molecule has 0 radical (unpaired) electrons. The topological polar surface area (TPSA) is 86.5 Å². The third kappa shape index (κ3) is 1.34. The van der Waals surface area contributed by atoms with Crippen molar-refractivity contribution in [2.75, 3.05) is 0 Å². The van der Waals surface area contributed by atoms with Crippen molar-refractivity contribution in [1.82, 2.24) is 4.98 Å². The van der Waals surface area contributed by atoms with Gasteiger partial charge in [0.15, 0.2) is 0 Å². The first-order valence-electron chi connectivity index (χ1n) is 6.04. The van der Waals surface area contributed by atoms with Gasteiger partial charge in [-0.2, -0.15) is 0 Å². The number of H-pyrrole nitrogens is 1. The Labute approximate surface area is 111 Å². The first-order valence-corrected chi connectivity index (χ1v) is 6.04. The second-order valence-electron chi connectivity index (χ2n) is 4.67. The number of phenolic OH excluding ortho intramolecular Hbond substituents is 2. The molecule has 0 aliphatic heterocycles. The van der Waals surface area contributed by atoms with E-state index in [9.17, 15) is 15.0 Å². The second kappa shape index (κ2) is 3.54. The van der Waals surface area contributed by atoms with Crippen molar-refractivity contribution < 1.29 is 14.6 Å². The van der Waals surface area contributed by atoms with E-state index in [1.165, 1.54) is 24.3 Å². The highest BCUT2D eigenvalue weighted by Crippen LogP contribution is 2.33. The normalized spacial score (nSPS) is 11.6. The molecular formula is C15H9NO4. The highest BCUT2D eigenvalue weighted by molar-refractivity contribution is 6.13. The van der Waals surface area contributed by atoms with Gasteiger partial charge in [-0.05, 0) is 30.3 Å². The number of benzene rings is 2. The number of aromatic amines is 1. The zero-order valence-corrected chi connectivity index (χ0v) is 10.2. The van der Waals surface area contributed by atoms with Gasteiger partial charge in [0.25, 0.3) is 5.56 Å². The molecule has 4 rings (SSSR count). The van der Waals surface area contributed by atoms with Crippen LogP contribution in [0.4, 0.5) is 0 Å². The van der Waals surface area contributed by atoms with Crippen LogP contribution in [0.2, 0.25) is 0 Å². The Morgan fingerprint density at radius 1 is 0.950 bits per heavy atom. The largest absolute Gasteiger partial charge is 0.508 e. The number of furan rings is 1. The van der Waals surface area contributed by atoms with Gasteiger partial charge >= 0.3 is 0 Å². The fourth-order valence-corrected chi connectivity index (χ4v) is 2.52. The summed E-state index contributed by atoms with van der Waals surface area (Å²) < 4.78 is 5.73. The van der Waals surface area contributed by atoms with E-state index in [2.05, 4.69) is 4.98 Å². The van der Waals surface area contributed by atoms with Crippen LogP contribution < -0.4 is 5.56 Å². The molecule has 0 aliphatic carbocycles. The summed E-state index contributed by atoms with van der Waals surface area (Å²) >= 11 is 0. The van der Waals surface area contributed by atoms with Gasteiger partial charge in [-0.1, -0.05) is 0 Å². The molecule has 2 aromatic carbocycles. The second-order valence-corrected chi connectivity index (χ2v) is 4.67. The van der Waals surface area contributed by atoms with Crippen LogP contribution >= 0.6 is 0 Å². The molecule has 5 heteroatoms. The Morgan fingerprint density at radius 3 is 2.55 bits per heavy atom. The minimum atomic E-state index is -0.317. The van der Waals surface area contributed by atoms with Crippen LogP contribution in [-0.2, 0) is 0 Å². The predicted molar refractivity (Wildman–Crippen MR) is 75.2 cm³/mol. The van der Waals surface area contributed by atoms with Gasteiger partial charge in [-0.15, -0.1) is 0 Å². The van der Waals surface area contributed by atoms with Crippen LogP contribution in [0.3, 0.4) is 0 Å². The van der Waals surface area contributed by atoms with Crippen LogP contribution in [0, 0.1) is 0 Å². The number of rotatable bonds is 0. The Bertz CT molecular complexity index is 1040. The zero-order chi connectivity index (χ0) is 13.9. The molecule has 2 heterocycles. The van der Waals surface area contributed by atoms with Gasteiger partial charge in [-0.3, -0.25) is 4.79 Å². The third-order valence-electron chi connectivity index (χ3n) is 3.39. The minimum Gasteiger partial charge on any atom is -0.508 e. The van der Waals surface area contributed by atoms with Gasteiger partial charge in [0.05, 0.1) is 10.9 Å². The lowest BCUT2D eigenvalue weighted by molar-refractivity contribution is 0.475. The Balaban J connectivity index is 2.33. The van der Waals surface area contributed by atoms with Crippen molar-refractivity contribution in [2.45, 2.75) is 0 Å². The van der Waals surface area contributed by atoms with E-state index in [-0.39, 0.29) is 17.1 Å². The monoisotopic (exact) mass is 267 g/mol. The number of hydrogen-bond donors (Lipinski definition) is 3. The lowest BCUT2D eigenvalue weighted by Crippen LogP contribution is -2.04. The van der Waals surface area contributed by atoms with Gasteiger partial charge < -0.3 is 19.6 Å². The average molecular weight is 267 g/mol. The van der Waals surface area contributed by atoms with E-state index in [1.807, 2.05) is 0 Å². The maximum absolute atomic E-state index is 12.2. The molecule has 0 bridgehead atoms. The summed E-state index contributed by atoms with van der Waals surface area (Å²) in [6, 6.07) is 9.32. The van der Waals surface area contributed by atoms with Gasteiger partial charge in [0, 0.05) is 16.8 Å². The molecule has 0 fully saturated rings. The van der Waals surface area contributed by atoms with E-state index in [0.29, 0.717) is 32.8 Å². The zero-order valence-electron chi connectivity index (χ0n) is 10.2. The molecule has 0 saturated carbocycles. The molecule has 0 aliphatic rings. The summed E-state index contributed by atoms with van der Waals surface area (Å²) in [5.41, 5.74) is 1.17. The van der Waals surface area contributed by atoms with E-state index in [0.717, 1.165) is 0 Å². The maximum Gasteiger partial charge on any atom is 0.260 e. The fraction of sp³-hybridized carbons (Fsp3) is 0. The maximum atomic E-state index is 12.2. The van der Waals surface area contributed by atoms with Crippen molar-refractivity contribution in [2.24, 2.45) is 0 Å². The first kappa shape index (κ1) is 10.9. The molecule has 5 nitrogen and oxygen atoms in total. The van der Waals surface area contributed by atoms with Gasteiger partial charge in [0.2, 0.25) is 0 Å². The minimum absolute atomic E-state index is 0.0706. The molecule has 3 N–H and O–H groups in total. The summed E-state index contributed by atoms with van der Waals surface area (Å²) in [6.45, 7) is 0. The molecule has 0 spiro atoms. The van der Waals surface area contributed by atoms with Gasteiger partial charge in [-0.25, -0.2) is 0 Å². The molecular weight excluding hydrogens is 258 g/mol. The Morgan fingerprint density at radius 2 is 1.70 bits per heavy atom. The SMILES string of the molecule is O=c1[nH]c2cc(O)ccc2c2oc3ccc(O)cc3c12. The quantitative estimate of drug-likeness (QED) is 0.457. The number of aromatic hydroxyl groups is 2. The number of pyridine rings is 1. The van der Waals surface area contributed by atoms with Crippen LogP contribution in [0.5, 0.6) is 11.5 Å². The average Bonchev–Trinajstić information content (AvgIpc) is 2.77. The van der Waals surface area contributed by atoms with Crippen molar-refractivity contribution in [3.05, 3.63) is 46.8 Å². The van der Waals surface area contributed by atoms with Crippen LogP contribution in [0.15, 0.2) is 45.6 Å². The van der Waals surface area contributed by atoms with Crippen molar-refractivity contribution in [1.29, 1.82) is 0 Å². The fourth-order valence-electron chi connectivity index (χ4n) is 2.52. The van der Waals surface area contributed by atoms with Crippen LogP contribution in [0.1, 0.15) is 0 Å². The molecule has 2 aromatic heterocycles. The molecule has 4 aromatic rings. The van der Waals surface area contributed by atoms with E-state index in [4.69, 9.17) is 4.42 Å². The lowest BCUT2D eigenvalue weighted by atomic mass is 10.1. The Kier molecular flexibility index (Phi) is 1.93. The van der Waals surface area contributed by atoms with Crippen LogP contribution in [-0.4, -0.2) is 15.2 Å². The summed E-state index contributed by atoms with van der Waals surface area (Å²) in [4.78, 5) is 14.9. The molecule has 0 amide bonds. The highest BCUT2D eigenvalue weighted by Gasteiger charge is 2.14. The van der Waals surface area contributed by atoms with E-state index >= 15 is 0 Å². The van der Waals surface area contributed by atoms with Crippen molar-refractivity contribution in [3.63, 3.8) is 0 Å². The number of hydrogen-bond acceptors (Lipinski definition) is 4. The standard InChI is InChI=1S/C15H9NO4/c17-7-2-4-12-10(5-7)13-14(20-12)9-3-1-8(18)6-11(9)16-15(13)19/h1-6,17-18H,(H,16,19). The van der Waals surface area contributed by atoms with E-state index < -0.39 is 0 Å². The number of nitrogens with one attached hydrogen (secondary N) is 1.